The summed E-state index contributed by atoms with van der Waals surface area (Å²) in [5.41, 5.74) is 1.20. The van der Waals surface area contributed by atoms with E-state index in [4.69, 9.17) is 9.84 Å². The molecule has 1 unspecified atom stereocenters. The van der Waals surface area contributed by atoms with Crippen LogP contribution in [0.4, 0.5) is 10.1 Å². The first-order valence-corrected chi connectivity index (χ1v) is 5.36. The number of aliphatic hydroxyl groups is 2. The third-order valence-corrected chi connectivity index (χ3v) is 2.47. The highest BCUT2D eigenvalue weighted by Crippen LogP contribution is 2.20. The van der Waals surface area contributed by atoms with Gasteiger partial charge in [0.2, 0.25) is 0 Å². The number of likely N-dealkylation sites (N-methyl/N-ethyl adjacent to an activating group) is 1. The molecule has 0 bridgehead atoms. The van der Waals surface area contributed by atoms with E-state index in [-0.39, 0.29) is 19.0 Å². The molecule has 2 N–H and O–H groups in total. The fourth-order valence-electron chi connectivity index (χ4n) is 1.71. The molecule has 1 aromatic carbocycles. The Morgan fingerprint density at radius 3 is 2.76 bits per heavy atom. The van der Waals surface area contributed by atoms with Gasteiger partial charge in [-0.1, -0.05) is 0 Å². The lowest BCUT2D eigenvalue weighted by Gasteiger charge is -2.24. The molecule has 0 radical (unpaired) electrons. The van der Waals surface area contributed by atoms with Gasteiger partial charge in [-0.15, -0.1) is 0 Å². The van der Waals surface area contributed by atoms with E-state index in [9.17, 15) is 9.50 Å². The highest BCUT2D eigenvalue weighted by atomic mass is 19.1. The van der Waals surface area contributed by atoms with Crippen molar-refractivity contribution in [2.45, 2.75) is 12.7 Å². The standard InChI is InChI=1S/C12H18FNO3/c1-14(6-11(16)8-17-2)12-4-3-10(13)5-9(12)7-15/h3-5,11,15-16H,6-8H2,1-2H3. The smallest absolute Gasteiger partial charge is 0.123 e. The van der Waals surface area contributed by atoms with E-state index in [2.05, 4.69) is 0 Å². The Hall–Kier alpha value is -1.17. The van der Waals surface area contributed by atoms with Crippen LogP contribution in [0, 0.1) is 5.82 Å². The van der Waals surface area contributed by atoms with E-state index >= 15 is 0 Å². The molecule has 5 heteroatoms. The van der Waals surface area contributed by atoms with E-state index in [1.807, 2.05) is 0 Å². The average molecular weight is 243 g/mol. The number of halogens is 1. The maximum Gasteiger partial charge on any atom is 0.123 e. The number of hydrogen-bond donors (Lipinski definition) is 2. The number of methoxy groups -OCH3 is 1. The van der Waals surface area contributed by atoms with E-state index < -0.39 is 6.10 Å². The van der Waals surface area contributed by atoms with Gasteiger partial charge in [0.15, 0.2) is 0 Å². The molecule has 0 aromatic heterocycles. The second kappa shape index (κ2) is 6.54. The van der Waals surface area contributed by atoms with Gasteiger partial charge in [0, 0.05) is 32.0 Å². The van der Waals surface area contributed by atoms with Gasteiger partial charge in [-0.2, -0.15) is 0 Å². The lowest BCUT2D eigenvalue weighted by molar-refractivity contribution is 0.0694. The second-order valence-electron chi connectivity index (χ2n) is 3.92. The zero-order valence-electron chi connectivity index (χ0n) is 10.1. The summed E-state index contributed by atoms with van der Waals surface area (Å²) < 4.78 is 17.8. The Balaban J connectivity index is 2.77. The number of benzene rings is 1. The average Bonchev–Trinajstić information content (AvgIpc) is 2.28. The molecule has 0 aliphatic heterocycles. The summed E-state index contributed by atoms with van der Waals surface area (Å²) in [4.78, 5) is 1.76. The largest absolute Gasteiger partial charge is 0.392 e. The van der Waals surface area contributed by atoms with Gasteiger partial charge < -0.3 is 19.8 Å². The molecule has 0 heterocycles. The maximum absolute atomic E-state index is 13.0. The third kappa shape index (κ3) is 3.96. The van der Waals surface area contributed by atoms with Crippen LogP contribution < -0.4 is 4.90 Å². The summed E-state index contributed by atoms with van der Waals surface area (Å²) in [6, 6.07) is 4.20. The maximum atomic E-state index is 13.0. The topological polar surface area (TPSA) is 52.9 Å². The third-order valence-electron chi connectivity index (χ3n) is 2.47. The van der Waals surface area contributed by atoms with Gasteiger partial charge >= 0.3 is 0 Å². The number of aliphatic hydroxyl groups excluding tert-OH is 2. The molecule has 4 nitrogen and oxygen atoms in total. The first-order valence-electron chi connectivity index (χ1n) is 5.36. The molecular formula is C12H18FNO3. The highest BCUT2D eigenvalue weighted by Gasteiger charge is 2.12. The van der Waals surface area contributed by atoms with Crippen molar-refractivity contribution in [2.75, 3.05) is 32.2 Å². The summed E-state index contributed by atoms with van der Waals surface area (Å²) in [7, 11) is 3.28. The Morgan fingerprint density at radius 2 is 2.18 bits per heavy atom. The summed E-state index contributed by atoms with van der Waals surface area (Å²) in [6.45, 7) is 0.351. The Bertz CT molecular complexity index is 360. The van der Waals surface area contributed by atoms with Crippen molar-refractivity contribution in [1.29, 1.82) is 0 Å². The molecule has 1 rings (SSSR count). The fourth-order valence-corrected chi connectivity index (χ4v) is 1.71. The molecule has 0 fully saturated rings. The minimum Gasteiger partial charge on any atom is -0.392 e. The molecule has 96 valence electrons. The molecule has 1 aromatic rings. The zero-order valence-corrected chi connectivity index (χ0v) is 10.1. The van der Waals surface area contributed by atoms with E-state index in [0.717, 1.165) is 0 Å². The van der Waals surface area contributed by atoms with Crippen molar-refractivity contribution in [2.24, 2.45) is 0 Å². The van der Waals surface area contributed by atoms with Gasteiger partial charge in [-0.3, -0.25) is 0 Å². The Labute approximate surface area is 100 Å². The number of hydrogen-bond acceptors (Lipinski definition) is 4. The van der Waals surface area contributed by atoms with Crippen LogP contribution in [0.1, 0.15) is 5.56 Å². The summed E-state index contributed by atoms with van der Waals surface area (Å²) in [5.74, 6) is -0.386. The Morgan fingerprint density at radius 1 is 1.47 bits per heavy atom. The van der Waals surface area contributed by atoms with Gasteiger partial charge in [-0.25, -0.2) is 4.39 Å². The van der Waals surface area contributed by atoms with Crippen molar-refractivity contribution in [3.05, 3.63) is 29.6 Å². The molecule has 17 heavy (non-hydrogen) atoms. The number of rotatable bonds is 6. The molecule has 0 saturated carbocycles. The minimum absolute atomic E-state index is 0.236. The molecule has 0 saturated heterocycles. The Kier molecular flexibility index (Phi) is 5.34. The molecular weight excluding hydrogens is 225 g/mol. The predicted octanol–water partition coefficient (Wildman–Crippen LogP) is 0.762. The van der Waals surface area contributed by atoms with Crippen molar-refractivity contribution >= 4 is 5.69 Å². The van der Waals surface area contributed by atoms with E-state index in [1.54, 1.807) is 18.0 Å². The lowest BCUT2D eigenvalue weighted by atomic mass is 10.1. The minimum atomic E-state index is -0.624. The fraction of sp³-hybridized carbons (Fsp3) is 0.500. The van der Waals surface area contributed by atoms with Crippen LogP contribution in [0.3, 0.4) is 0 Å². The van der Waals surface area contributed by atoms with Crippen LogP contribution in [0.15, 0.2) is 18.2 Å². The van der Waals surface area contributed by atoms with Crippen molar-refractivity contribution in [3.8, 4) is 0 Å². The van der Waals surface area contributed by atoms with Gasteiger partial charge in [0.05, 0.1) is 19.3 Å². The zero-order chi connectivity index (χ0) is 12.8. The summed E-state index contributed by atoms with van der Waals surface area (Å²) in [6.07, 6.45) is -0.624. The van der Waals surface area contributed by atoms with Gasteiger partial charge in [0.1, 0.15) is 5.82 Å². The van der Waals surface area contributed by atoms with Crippen LogP contribution in [-0.4, -0.2) is 43.6 Å². The van der Waals surface area contributed by atoms with Crippen LogP contribution >= 0.6 is 0 Å². The lowest BCUT2D eigenvalue weighted by Crippen LogP contribution is -2.32. The number of ether oxygens (including phenoxy) is 1. The molecule has 0 aliphatic carbocycles. The van der Waals surface area contributed by atoms with Crippen molar-refractivity contribution in [3.63, 3.8) is 0 Å². The summed E-state index contributed by atoms with van der Waals surface area (Å²) in [5, 5.41) is 18.7. The van der Waals surface area contributed by atoms with Gasteiger partial charge in [0.25, 0.3) is 0 Å². The monoisotopic (exact) mass is 243 g/mol. The highest BCUT2D eigenvalue weighted by molar-refractivity contribution is 5.53. The number of nitrogens with zero attached hydrogens (tertiary/aromatic N) is 1. The molecule has 0 spiro atoms. The normalized spacial score (nSPS) is 12.5. The van der Waals surface area contributed by atoms with Crippen LogP contribution in [-0.2, 0) is 11.3 Å². The first-order chi connectivity index (χ1) is 8.08. The first kappa shape index (κ1) is 13.9. The van der Waals surface area contributed by atoms with Gasteiger partial charge in [-0.05, 0) is 18.2 Å². The summed E-state index contributed by atoms with van der Waals surface area (Å²) >= 11 is 0. The van der Waals surface area contributed by atoms with Crippen LogP contribution in [0.5, 0.6) is 0 Å². The van der Waals surface area contributed by atoms with Crippen LogP contribution in [0.2, 0.25) is 0 Å². The van der Waals surface area contributed by atoms with E-state index in [0.29, 0.717) is 17.8 Å². The second-order valence-corrected chi connectivity index (χ2v) is 3.92. The van der Waals surface area contributed by atoms with E-state index in [1.165, 1.54) is 19.2 Å². The quantitative estimate of drug-likeness (QED) is 0.774. The predicted molar refractivity (Wildman–Crippen MR) is 63.5 cm³/mol. The number of anilines is 1. The molecule has 1 atom stereocenters. The SMILES string of the molecule is COCC(O)CN(C)c1ccc(F)cc1CO. The van der Waals surface area contributed by atoms with Crippen molar-refractivity contribution < 1.29 is 19.3 Å². The van der Waals surface area contributed by atoms with Crippen molar-refractivity contribution in [1.82, 2.24) is 0 Å². The van der Waals surface area contributed by atoms with Crippen LogP contribution in [0.25, 0.3) is 0 Å². The molecule has 0 amide bonds. The molecule has 0 aliphatic rings.